The fourth-order valence-electron chi connectivity index (χ4n) is 3.62. The van der Waals surface area contributed by atoms with Gasteiger partial charge in [0.1, 0.15) is 0 Å². The lowest BCUT2D eigenvalue weighted by Gasteiger charge is -2.39. The average Bonchev–Trinajstić information content (AvgIpc) is 2.69. The van der Waals surface area contributed by atoms with E-state index in [-0.39, 0.29) is 0 Å². The van der Waals surface area contributed by atoms with Gasteiger partial charge in [0.05, 0.1) is 0 Å². The number of allylic oxidation sites excluding steroid dienone is 2. The Kier molecular flexibility index (Phi) is 16.1. The van der Waals surface area contributed by atoms with Crippen molar-refractivity contribution in [3.05, 3.63) is 36.5 Å². The molecular formula is C24H42INS. The number of rotatable bonds is 18. The minimum absolute atomic E-state index is 0.544. The zero-order valence-corrected chi connectivity index (χ0v) is 20.7. The molecule has 0 unspecified atom stereocenters. The number of hydrogen-bond donors (Lipinski definition) is 0. The topological polar surface area (TPSA) is 3.24 Å². The van der Waals surface area contributed by atoms with E-state index in [1.165, 1.54) is 108 Å². The van der Waals surface area contributed by atoms with Crippen LogP contribution in [0.1, 0.15) is 103 Å². The zero-order chi connectivity index (χ0) is 19.7. The number of unbranched alkanes of at least 4 members (excludes halogenated alkanes) is 12. The Bertz CT molecular complexity index is 432. The first-order valence-corrected chi connectivity index (χ1v) is 14.6. The molecule has 27 heavy (non-hydrogen) atoms. The van der Waals surface area contributed by atoms with Crippen molar-refractivity contribution in [1.29, 1.82) is 0 Å². The molecule has 156 valence electrons. The predicted octanol–water partition coefficient (Wildman–Crippen LogP) is 9.21. The Labute approximate surface area is 186 Å². The second kappa shape index (κ2) is 17.1. The highest BCUT2D eigenvalue weighted by molar-refractivity contribution is 14.2. The molecule has 1 fully saturated rings. The normalized spacial score (nSPS) is 17.2. The van der Waals surface area contributed by atoms with Crippen LogP contribution in [0.15, 0.2) is 36.5 Å². The summed E-state index contributed by atoms with van der Waals surface area (Å²) < 4.78 is 2.49. The van der Waals surface area contributed by atoms with Crippen molar-refractivity contribution < 1.29 is 0 Å². The summed E-state index contributed by atoms with van der Waals surface area (Å²) in [5, 5.41) is 0. The summed E-state index contributed by atoms with van der Waals surface area (Å²) in [7, 11) is 1.84. The molecule has 3 heteroatoms. The van der Waals surface area contributed by atoms with Gasteiger partial charge in [0.25, 0.3) is 0 Å². The lowest BCUT2D eigenvalue weighted by molar-refractivity contribution is 0.351. The lowest BCUT2D eigenvalue weighted by Crippen LogP contribution is -2.38. The van der Waals surface area contributed by atoms with Crippen LogP contribution in [0.25, 0.3) is 0 Å². The van der Waals surface area contributed by atoms with Crippen LogP contribution in [0.4, 0.5) is 0 Å². The van der Waals surface area contributed by atoms with Gasteiger partial charge in [0, 0.05) is 33.8 Å². The molecule has 0 amide bonds. The minimum Gasteiger partial charge on any atom is -0.234 e. The Hall–Kier alpha value is 0.260. The molecule has 0 radical (unpaired) electrons. The monoisotopic (exact) mass is 503 g/mol. The minimum atomic E-state index is 0.544. The maximum absolute atomic E-state index is 4.15. The largest absolute Gasteiger partial charge is 0.234 e. The summed E-state index contributed by atoms with van der Waals surface area (Å²) in [4.78, 5) is 0. The summed E-state index contributed by atoms with van der Waals surface area (Å²) in [6, 6.07) is 0.544. The van der Waals surface area contributed by atoms with E-state index < -0.39 is 0 Å². The molecule has 0 aromatic carbocycles. The summed E-state index contributed by atoms with van der Waals surface area (Å²) >= 11 is 2.41. The molecule has 0 aromatic rings. The van der Waals surface area contributed by atoms with Crippen LogP contribution >= 0.6 is 30.3 Å². The van der Waals surface area contributed by atoms with Crippen molar-refractivity contribution in [2.45, 2.75) is 109 Å². The average molecular weight is 504 g/mol. The van der Waals surface area contributed by atoms with Gasteiger partial charge < -0.3 is 0 Å². The van der Waals surface area contributed by atoms with Gasteiger partial charge in [-0.3, -0.25) is 0 Å². The Morgan fingerprint density at radius 3 is 1.89 bits per heavy atom. The van der Waals surface area contributed by atoms with Gasteiger partial charge in [-0.2, -0.15) is 0 Å². The molecule has 0 saturated heterocycles. The second-order valence-electron chi connectivity index (χ2n) is 8.00. The molecule has 0 aliphatic heterocycles. The first kappa shape index (κ1) is 25.3. The second-order valence-corrected chi connectivity index (χ2v) is 9.78. The Morgan fingerprint density at radius 1 is 0.889 bits per heavy atom. The zero-order valence-electron chi connectivity index (χ0n) is 17.7. The van der Waals surface area contributed by atoms with Crippen molar-refractivity contribution >= 4 is 30.3 Å². The van der Waals surface area contributed by atoms with Crippen LogP contribution in [0, 0.1) is 0 Å². The number of halogens is 1. The van der Waals surface area contributed by atoms with E-state index >= 15 is 0 Å². The van der Waals surface area contributed by atoms with Crippen LogP contribution in [-0.2, 0) is 0 Å². The molecule has 0 N–H and O–H groups in total. The molecule has 1 aliphatic carbocycles. The summed E-state index contributed by atoms with van der Waals surface area (Å²) in [6.07, 6.45) is 25.2. The highest BCUT2D eigenvalue weighted by Crippen LogP contribution is 2.39. The highest BCUT2D eigenvalue weighted by atomic mass is 127. The highest BCUT2D eigenvalue weighted by Gasteiger charge is 2.31. The molecule has 0 spiro atoms. The van der Waals surface area contributed by atoms with Crippen LogP contribution in [-0.4, -0.2) is 16.9 Å². The van der Waals surface area contributed by atoms with E-state index in [0.717, 1.165) is 6.42 Å². The molecule has 1 saturated carbocycles. The van der Waals surface area contributed by atoms with E-state index in [2.05, 4.69) is 57.7 Å². The molecule has 1 aliphatic rings. The fraction of sp³-hybridized carbons (Fsp3) is 0.750. The van der Waals surface area contributed by atoms with Crippen LogP contribution in [0.3, 0.4) is 0 Å². The number of nitrogens with zero attached hydrogens (tertiary/aromatic N) is 1. The molecular weight excluding hydrogens is 461 g/mol. The molecule has 1 nitrogen and oxygen atoms in total. The van der Waals surface area contributed by atoms with Crippen LogP contribution in [0.5, 0.6) is 0 Å². The van der Waals surface area contributed by atoms with E-state index in [1.54, 1.807) is 0 Å². The van der Waals surface area contributed by atoms with E-state index in [9.17, 15) is 0 Å². The van der Waals surface area contributed by atoms with Crippen molar-refractivity contribution in [1.82, 2.24) is 4.31 Å². The maximum atomic E-state index is 4.15. The Morgan fingerprint density at radius 2 is 1.41 bits per heavy atom. The quantitative estimate of drug-likeness (QED) is 0.0794. The first-order chi connectivity index (χ1) is 13.2. The smallest absolute Gasteiger partial charge is 0.0496 e. The molecule has 0 bridgehead atoms. The molecule has 0 heterocycles. The van der Waals surface area contributed by atoms with Crippen molar-refractivity contribution in [3.8, 4) is 0 Å². The standard InChI is InChI=1S/C24H42INS/c1-4-5-6-7-8-9-10-11-12-13-14-15-16-17-18-19-20-26(27-25)24-21-22(2)23(24)3/h11-12,24H,2-10,13-21H2,1H3/b12-11-/t24-/m0/s1. The molecule has 1 rings (SSSR count). The summed E-state index contributed by atoms with van der Waals surface area (Å²) in [5.74, 6) is 0. The molecule has 1 atom stereocenters. The van der Waals surface area contributed by atoms with Gasteiger partial charge in [-0.25, -0.2) is 4.31 Å². The number of hydrogen-bond acceptors (Lipinski definition) is 2. The summed E-state index contributed by atoms with van der Waals surface area (Å²) in [5.41, 5.74) is 2.50. The van der Waals surface area contributed by atoms with E-state index in [4.69, 9.17) is 0 Å². The van der Waals surface area contributed by atoms with Crippen molar-refractivity contribution in [3.63, 3.8) is 0 Å². The van der Waals surface area contributed by atoms with Crippen molar-refractivity contribution in [2.75, 3.05) is 6.54 Å². The van der Waals surface area contributed by atoms with E-state index in [0.29, 0.717) is 6.04 Å². The van der Waals surface area contributed by atoms with Crippen LogP contribution < -0.4 is 0 Å². The molecule has 0 aromatic heterocycles. The maximum Gasteiger partial charge on any atom is 0.0496 e. The predicted molar refractivity (Wildman–Crippen MR) is 134 cm³/mol. The van der Waals surface area contributed by atoms with E-state index in [1.807, 2.05) is 9.12 Å². The third-order valence-corrected chi connectivity index (χ3v) is 7.75. The van der Waals surface area contributed by atoms with Gasteiger partial charge in [-0.1, -0.05) is 90.0 Å². The SMILES string of the molecule is C=C1C[C@H](N(CCCCCCCC/C=C\CCCCCCCC)SI)C1=C. The Balaban J connectivity index is 1.84. The van der Waals surface area contributed by atoms with Gasteiger partial charge in [-0.15, -0.1) is 0 Å². The first-order valence-electron chi connectivity index (χ1n) is 11.3. The third kappa shape index (κ3) is 11.8. The van der Waals surface area contributed by atoms with Gasteiger partial charge >= 0.3 is 0 Å². The lowest BCUT2D eigenvalue weighted by atomic mass is 9.82. The fourth-order valence-corrected chi connectivity index (χ4v) is 5.53. The van der Waals surface area contributed by atoms with Crippen LogP contribution in [0.2, 0.25) is 0 Å². The van der Waals surface area contributed by atoms with Gasteiger partial charge in [-0.05, 0) is 58.8 Å². The van der Waals surface area contributed by atoms with Gasteiger partial charge in [0.15, 0.2) is 0 Å². The third-order valence-electron chi connectivity index (χ3n) is 5.62. The summed E-state index contributed by atoms with van der Waals surface area (Å²) in [6.45, 7) is 11.7. The van der Waals surface area contributed by atoms with Crippen molar-refractivity contribution in [2.24, 2.45) is 0 Å². The van der Waals surface area contributed by atoms with Gasteiger partial charge in [0.2, 0.25) is 0 Å².